The molecule has 0 radical (unpaired) electrons. The highest BCUT2D eigenvalue weighted by molar-refractivity contribution is 5.99. The van der Waals surface area contributed by atoms with Crippen LogP contribution in [0.3, 0.4) is 0 Å². The zero-order chi connectivity index (χ0) is 27.9. The van der Waals surface area contributed by atoms with Crippen molar-refractivity contribution in [3.8, 4) is 5.75 Å². The van der Waals surface area contributed by atoms with Gasteiger partial charge in [-0.3, -0.25) is 4.79 Å². The van der Waals surface area contributed by atoms with E-state index < -0.39 is 6.10 Å². The fraction of sp³-hybridized carbons (Fsp3) is 0.788. The number of ether oxygens (including phenoxy) is 1. The van der Waals surface area contributed by atoms with E-state index in [1.54, 1.807) is 4.90 Å². The Morgan fingerprint density at radius 3 is 2.00 bits per heavy atom. The topological polar surface area (TPSA) is 49.8 Å². The van der Waals surface area contributed by atoms with Crippen LogP contribution in [0.2, 0.25) is 0 Å². The van der Waals surface area contributed by atoms with E-state index in [-0.39, 0.29) is 12.5 Å². The molecule has 1 fully saturated rings. The lowest BCUT2D eigenvalue weighted by Gasteiger charge is -2.34. The van der Waals surface area contributed by atoms with Gasteiger partial charge in [0.1, 0.15) is 5.75 Å². The van der Waals surface area contributed by atoms with E-state index in [0.29, 0.717) is 6.42 Å². The largest absolute Gasteiger partial charge is 0.478 e. The van der Waals surface area contributed by atoms with Crippen molar-refractivity contribution < 1.29 is 14.6 Å². The van der Waals surface area contributed by atoms with E-state index in [1.807, 2.05) is 24.3 Å². The number of benzene rings is 1. The first-order valence-electron chi connectivity index (χ1n) is 15.5. The molecular formula is C33H61NO3. The quantitative estimate of drug-likeness (QED) is 0.313. The number of carbonyl (C=O) groups excluding carboxylic acids is 1. The highest BCUT2D eigenvalue weighted by Gasteiger charge is 2.33. The van der Waals surface area contributed by atoms with Crippen LogP contribution in [0.5, 0.6) is 5.75 Å². The summed E-state index contributed by atoms with van der Waals surface area (Å²) in [5, 5.41) is 9.03. The van der Waals surface area contributed by atoms with Crippen LogP contribution in [0.1, 0.15) is 138 Å². The Hall–Kier alpha value is -1.55. The van der Waals surface area contributed by atoms with Gasteiger partial charge in [0, 0.05) is 19.6 Å². The molecule has 0 saturated heterocycles. The summed E-state index contributed by atoms with van der Waals surface area (Å²) in [6.07, 6.45) is 17.2. The molecule has 216 valence electrons. The minimum absolute atomic E-state index is 0.0381. The van der Waals surface area contributed by atoms with Crippen LogP contribution in [0.25, 0.3) is 0 Å². The van der Waals surface area contributed by atoms with Gasteiger partial charge in [-0.05, 0) is 30.4 Å². The molecule has 1 aromatic carbocycles. The third kappa shape index (κ3) is 16.8. The number of para-hydroxylation sites is 2. The number of rotatable bonds is 10. The Bertz CT molecular complexity index is 653. The third-order valence-corrected chi connectivity index (χ3v) is 6.87. The fourth-order valence-electron chi connectivity index (χ4n) is 4.25. The number of fused-ring (bicyclic) bond motifs is 1. The molecule has 1 atom stereocenters. The summed E-state index contributed by atoms with van der Waals surface area (Å²) in [5.74, 6) is 2.63. The maximum Gasteiger partial charge on any atom is 0.268 e. The van der Waals surface area contributed by atoms with E-state index in [0.717, 1.165) is 49.1 Å². The van der Waals surface area contributed by atoms with Crippen molar-refractivity contribution in [2.75, 3.05) is 18.1 Å². The molecule has 1 saturated carbocycles. The molecule has 2 aliphatic rings. The summed E-state index contributed by atoms with van der Waals surface area (Å²) in [5.41, 5.74) is 0.845. The van der Waals surface area contributed by atoms with E-state index in [9.17, 15) is 4.79 Å². The van der Waals surface area contributed by atoms with Crippen LogP contribution in [-0.4, -0.2) is 30.3 Å². The van der Waals surface area contributed by atoms with Gasteiger partial charge in [0.25, 0.3) is 5.91 Å². The number of hydrogen-bond donors (Lipinski definition) is 1. The maximum absolute atomic E-state index is 12.4. The Morgan fingerprint density at radius 2 is 1.54 bits per heavy atom. The first-order chi connectivity index (χ1) is 17.9. The Morgan fingerprint density at radius 1 is 0.919 bits per heavy atom. The second-order valence-corrected chi connectivity index (χ2v) is 11.1. The van der Waals surface area contributed by atoms with Crippen LogP contribution in [0.4, 0.5) is 5.69 Å². The number of nitrogens with zero attached hydrogens (tertiary/aromatic N) is 1. The van der Waals surface area contributed by atoms with E-state index in [4.69, 9.17) is 9.84 Å². The lowest BCUT2D eigenvalue weighted by molar-refractivity contribution is -0.127. The summed E-state index contributed by atoms with van der Waals surface area (Å²) in [7, 11) is 0. The molecule has 37 heavy (non-hydrogen) atoms. The molecule has 1 aliphatic heterocycles. The zero-order valence-electron chi connectivity index (χ0n) is 25.6. The molecule has 0 aromatic heterocycles. The van der Waals surface area contributed by atoms with Gasteiger partial charge in [0.15, 0.2) is 6.10 Å². The standard InChI is InChI=1S/C15H21NO3.C7H14.C7H16.C4H10/c1-2-3-6-10-16-12-7-4-5-8-13(12)19-14(9-11-17)15(16)18;1-7-5-3-2-4-6-7;1-4-5-6-7(2)3;1-3-4-2/h4-5,7-8,14,17H,2-3,6,9-11H2,1H3;7H,2-6H2,1H3;7H,4-6H2,1-3H3;3-4H2,1-2H3. The van der Waals surface area contributed by atoms with Crippen LogP contribution in [0.15, 0.2) is 24.3 Å². The number of amides is 1. The van der Waals surface area contributed by atoms with E-state index in [1.165, 1.54) is 64.2 Å². The first kappa shape index (κ1) is 35.5. The highest BCUT2D eigenvalue weighted by atomic mass is 16.5. The Kier molecular flexibility index (Phi) is 22.6. The number of unbranched alkanes of at least 4 members (excludes halogenated alkanes) is 4. The summed E-state index contributed by atoms with van der Waals surface area (Å²) in [4.78, 5) is 14.2. The Labute approximate surface area is 230 Å². The number of anilines is 1. The normalized spacial score (nSPS) is 16.8. The second kappa shape index (κ2) is 23.6. The fourth-order valence-corrected chi connectivity index (χ4v) is 4.25. The molecule has 1 amide bonds. The van der Waals surface area contributed by atoms with Crippen LogP contribution in [-0.2, 0) is 4.79 Å². The van der Waals surface area contributed by atoms with Gasteiger partial charge in [0.05, 0.1) is 5.69 Å². The van der Waals surface area contributed by atoms with Crippen molar-refractivity contribution in [3.05, 3.63) is 24.3 Å². The molecule has 4 nitrogen and oxygen atoms in total. The molecule has 0 bridgehead atoms. The minimum atomic E-state index is -0.554. The van der Waals surface area contributed by atoms with Gasteiger partial charge in [0.2, 0.25) is 0 Å². The number of aliphatic hydroxyl groups is 1. The van der Waals surface area contributed by atoms with E-state index >= 15 is 0 Å². The summed E-state index contributed by atoms with van der Waals surface area (Å²) >= 11 is 0. The average molecular weight is 520 g/mol. The van der Waals surface area contributed by atoms with Gasteiger partial charge in [-0.2, -0.15) is 0 Å². The first-order valence-corrected chi connectivity index (χ1v) is 15.5. The minimum Gasteiger partial charge on any atom is -0.478 e. The average Bonchev–Trinajstić information content (AvgIpc) is 2.91. The van der Waals surface area contributed by atoms with Crippen LogP contribution in [0, 0.1) is 11.8 Å². The van der Waals surface area contributed by atoms with Gasteiger partial charge in [-0.1, -0.05) is 138 Å². The number of aliphatic hydroxyl groups excluding tert-OH is 1. The molecule has 1 unspecified atom stereocenters. The molecule has 4 heteroatoms. The van der Waals surface area contributed by atoms with Crippen molar-refractivity contribution >= 4 is 11.6 Å². The van der Waals surface area contributed by atoms with Gasteiger partial charge < -0.3 is 14.7 Å². The Balaban J connectivity index is 0.000000589. The van der Waals surface area contributed by atoms with Crippen LogP contribution >= 0.6 is 0 Å². The van der Waals surface area contributed by atoms with Gasteiger partial charge in [-0.25, -0.2) is 0 Å². The van der Waals surface area contributed by atoms with E-state index in [2.05, 4.69) is 48.5 Å². The molecule has 0 spiro atoms. The molecule has 1 N–H and O–H groups in total. The van der Waals surface area contributed by atoms with Gasteiger partial charge >= 0.3 is 0 Å². The number of carbonyl (C=O) groups is 1. The summed E-state index contributed by atoms with van der Waals surface area (Å²) in [6, 6.07) is 7.59. The lowest BCUT2D eigenvalue weighted by Crippen LogP contribution is -2.46. The molecule has 1 heterocycles. The SMILES string of the molecule is CC1CCCCC1.CCCC.CCCCC(C)C.CCCCCN1C(=O)C(CCO)Oc2ccccc21. The predicted octanol–water partition coefficient (Wildman–Crippen LogP) is 9.58. The third-order valence-electron chi connectivity index (χ3n) is 6.87. The lowest BCUT2D eigenvalue weighted by atomic mass is 9.91. The molecule has 3 rings (SSSR count). The van der Waals surface area contributed by atoms with Crippen molar-refractivity contribution in [3.63, 3.8) is 0 Å². The predicted molar refractivity (Wildman–Crippen MR) is 162 cm³/mol. The second-order valence-electron chi connectivity index (χ2n) is 11.1. The summed E-state index contributed by atoms with van der Waals surface area (Å²) < 4.78 is 5.67. The summed E-state index contributed by atoms with van der Waals surface area (Å²) in [6.45, 7) is 16.3. The molecular weight excluding hydrogens is 458 g/mol. The van der Waals surface area contributed by atoms with Crippen molar-refractivity contribution in [1.29, 1.82) is 0 Å². The molecule has 1 aliphatic carbocycles. The zero-order valence-corrected chi connectivity index (χ0v) is 25.6. The highest BCUT2D eigenvalue weighted by Crippen LogP contribution is 2.34. The van der Waals surface area contributed by atoms with Crippen molar-refractivity contribution in [1.82, 2.24) is 0 Å². The van der Waals surface area contributed by atoms with Gasteiger partial charge in [-0.15, -0.1) is 0 Å². The van der Waals surface area contributed by atoms with Crippen LogP contribution < -0.4 is 9.64 Å². The smallest absolute Gasteiger partial charge is 0.268 e. The monoisotopic (exact) mass is 519 g/mol. The molecule has 1 aromatic rings. The van der Waals surface area contributed by atoms with Crippen molar-refractivity contribution in [2.45, 2.75) is 144 Å². The maximum atomic E-state index is 12.4. The van der Waals surface area contributed by atoms with Crippen molar-refractivity contribution in [2.24, 2.45) is 11.8 Å². The number of hydrogen-bond acceptors (Lipinski definition) is 3.